The lowest BCUT2D eigenvalue weighted by Crippen LogP contribution is -2.45. The molecule has 1 fully saturated rings. The van der Waals surface area contributed by atoms with Crippen molar-refractivity contribution in [2.75, 3.05) is 44.7 Å². The lowest BCUT2D eigenvalue weighted by atomic mass is 10.1. The van der Waals surface area contributed by atoms with Gasteiger partial charge in [-0.3, -0.25) is 0 Å². The molecule has 0 atom stereocenters. The van der Waals surface area contributed by atoms with Crippen LogP contribution in [0.25, 0.3) is 11.4 Å². The normalized spacial score (nSPS) is 15.5. The van der Waals surface area contributed by atoms with Crippen molar-refractivity contribution in [2.45, 2.75) is 10.7 Å². The minimum Gasteiger partial charge on any atom is -0.462 e. The number of benzene rings is 1. The Balaban J connectivity index is 1.95. The van der Waals surface area contributed by atoms with Gasteiger partial charge >= 0.3 is 5.97 Å². The third kappa shape index (κ3) is 5.03. The molecule has 0 amide bonds. The molecule has 0 unspecified atom stereocenters. The summed E-state index contributed by atoms with van der Waals surface area (Å²) in [6.45, 7) is 5.38. The van der Waals surface area contributed by atoms with Gasteiger partial charge in [-0.15, -0.1) is 0 Å². The first-order valence-corrected chi connectivity index (χ1v) is 9.95. The van der Waals surface area contributed by atoms with Gasteiger partial charge in [-0.2, -0.15) is 9.97 Å². The molecule has 2 heterocycles. The predicted molar refractivity (Wildman–Crippen MR) is 110 cm³/mol. The highest BCUT2D eigenvalue weighted by Gasteiger charge is 2.30. The Morgan fingerprint density at radius 2 is 1.71 bits per heavy atom. The highest BCUT2D eigenvalue weighted by Crippen LogP contribution is 2.37. The van der Waals surface area contributed by atoms with Crippen molar-refractivity contribution in [1.29, 1.82) is 0 Å². The van der Waals surface area contributed by atoms with Gasteiger partial charge in [-0.25, -0.2) is 9.78 Å². The van der Waals surface area contributed by atoms with Crippen LogP contribution in [0.2, 0.25) is 0 Å². The standard InChI is InChI=1S/C18H20Cl3N5O2/c1-3-28-15(27)13-6-4-12(5-7-13)14-22-16(18(19,20)21)24-17(23-14)26-10-8-25(2)9-11-26/h4-7H,3,8-11H2,1-2H3. The molecule has 1 aliphatic heterocycles. The molecule has 1 aromatic carbocycles. The highest BCUT2D eigenvalue weighted by molar-refractivity contribution is 6.66. The van der Waals surface area contributed by atoms with Crippen molar-refractivity contribution in [3.63, 3.8) is 0 Å². The summed E-state index contributed by atoms with van der Waals surface area (Å²) in [7, 11) is 2.06. The van der Waals surface area contributed by atoms with Crippen molar-refractivity contribution in [3.05, 3.63) is 35.7 Å². The van der Waals surface area contributed by atoms with E-state index in [0.29, 0.717) is 29.5 Å². The number of ether oxygens (including phenoxy) is 1. The summed E-state index contributed by atoms with van der Waals surface area (Å²) in [5.41, 5.74) is 1.13. The van der Waals surface area contributed by atoms with E-state index in [2.05, 4.69) is 26.9 Å². The number of piperazine rings is 1. The molecule has 0 spiro atoms. The van der Waals surface area contributed by atoms with Gasteiger partial charge in [-0.1, -0.05) is 46.9 Å². The zero-order chi connectivity index (χ0) is 20.3. The number of carbonyl (C=O) groups excluding carboxylic acids is 1. The third-order valence-electron chi connectivity index (χ3n) is 4.32. The van der Waals surface area contributed by atoms with Gasteiger partial charge in [0.2, 0.25) is 9.74 Å². The van der Waals surface area contributed by atoms with Crippen molar-refractivity contribution in [2.24, 2.45) is 0 Å². The highest BCUT2D eigenvalue weighted by atomic mass is 35.6. The second kappa shape index (κ2) is 8.78. The molecule has 1 aliphatic rings. The summed E-state index contributed by atoms with van der Waals surface area (Å²) < 4.78 is 3.23. The Bertz CT molecular complexity index is 834. The fourth-order valence-corrected chi connectivity index (χ4v) is 2.99. The number of halogens is 3. The van der Waals surface area contributed by atoms with Crippen molar-refractivity contribution in [1.82, 2.24) is 19.9 Å². The fraction of sp³-hybridized carbons (Fsp3) is 0.444. The first-order valence-electron chi connectivity index (χ1n) is 8.82. The average Bonchev–Trinajstić information content (AvgIpc) is 2.68. The number of rotatable bonds is 4. The molecule has 1 aromatic heterocycles. The number of nitrogens with zero attached hydrogens (tertiary/aromatic N) is 5. The van der Waals surface area contributed by atoms with E-state index in [1.807, 2.05) is 4.90 Å². The van der Waals surface area contributed by atoms with E-state index in [4.69, 9.17) is 39.5 Å². The molecule has 0 bridgehead atoms. The van der Waals surface area contributed by atoms with Crippen molar-refractivity contribution < 1.29 is 9.53 Å². The van der Waals surface area contributed by atoms with E-state index in [1.165, 1.54) is 0 Å². The fourth-order valence-electron chi connectivity index (χ4n) is 2.74. The summed E-state index contributed by atoms with van der Waals surface area (Å²) in [4.78, 5) is 29.4. The maximum atomic E-state index is 11.8. The smallest absolute Gasteiger partial charge is 0.338 e. The molecule has 0 saturated carbocycles. The van der Waals surface area contributed by atoms with Gasteiger partial charge in [0.1, 0.15) is 0 Å². The second-order valence-corrected chi connectivity index (χ2v) is 8.65. The van der Waals surface area contributed by atoms with Gasteiger partial charge in [0.25, 0.3) is 0 Å². The van der Waals surface area contributed by atoms with Crippen LogP contribution in [0, 0.1) is 0 Å². The molecule has 0 aliphatic carbocycles. The van der Waals surface area contributed by atoms with Crippen LogP contribution in [-0.2, 0) is 8.53 Å². The number of hydrogen-bond donors (Lipinski definition) is 0. The summed E-state index contributed by atoms with van der Waals surface area (Å²) in [5, 5.41) is 0. The summed E-state index contributed by atoms with van der Waals surface area (Å²) in [6.07, 6.45) is 0. The maximum absolute atomic E-state index is 11.8. The minimum absolute atomic E-state index is 0.0610. The SMILES string of the molecule is CCOC(=O)c1ccc(-c2nc(N3CCN(C)CC3)nc(C(Cl)(Cl)Cl)n2)cc1. The second-order valence-electron chi connectivity index (χ2n) is 6.37. The van der Waals surface area contributed by atoms with Crippen molar-refractivity contribution in [3.8, 4) is 11.4 Å². The Kier molecular flexibility index (Phi) is 6.60. The van der Waals surface area contributed by atoms with Gasteiger partial charge in [0, 0.05) is 31.7 Å². The molecule has 3 rings (SSSR count). The molecule has 1 saturated heterocycles. The molecular formula is C18H20Cl3N5O2. The van der Waals surface area contributed by atoms with Crippen LogP contribution in [-0.4, -0.2) is 65.7 Å². The number of aromatic nitrogens is 3. The number of hydrogen-bond acceptors (Lipinski definition) is 7. The number of alkyl halides is 3. The largest absolute Gasteiger partial charge is 0.462 e. The topological polar surface area (TPSA) is 71.5 Å². The molecule has 0 N–H and O–H groups in total. The number of likely N-dealkylation sites (N-methyl/N-ethyl adjacent to an activating group) is 1. The minimum atomic E-state index is -1.77. The third-order valence-corrected chi connectivity index (χ3v) is 4.82. The summed E-state index contributed by atoms with van der Waals surface area (Å²) in [5.74, 6) is 0.519. The van der Waals surface area contributed by atoms with Crippen LogP contribution in [0.5, 0.6) is 0 Å². The number of anilines is 1. The summed E-state index contributed by atoms with van der Waals surface area (Å²) in [6, 6.07) is 6.78. The Morgan fingerprint density at radius 1 is 1.07 bits per heavy atom. The van der Waals surface area contributed by atoms with E-state index >= 15 is 0 Å². The van der Waals surface area contributed by atoms with Crippen LogP contribution < -0.4 is 4.90 Å². The Hall–Kier alpha value is -1.67. The molecule has 0 radical (unpaired) electrons. The van der Waals surface area contributed by atoms with Crippen LogP contribution in [0.1, 0.15) is 23.1 Å². The quantitative estimate of drug-likeness (QED) is 0.529. The molecular weight excluding hydrogens is 425 g/mol. The van der Waals surface area contributed by atoms with Crippen LogP contribution in [0.4, 0.5) is 5.95 Å². The van der Waals surface area contributed by atoms with E-state index in [-0.39, 0.29) is 11.8 Å². The van der Waals surface area contributed by atoms with Gasteiger partial charge in [-0.05, 0) is 26.1 Å². The van der Waals surface area contributed by atoms with E-state index < -0.39 is 3.79 Å². The zero-order valence-corrected chi connectivity index (χ0v) is 17.8. The number of carbonyl (C=O) groups is 1. The van der Waals surface area contributed by atoms with E-state index in [0.717, 1.165) is 26.2 Å². The van der Waals surface area contributed by atoms with E-state index in [9.17, 15) is 4.79 Å². The molecule has 10 heteroatoms. The summed E-state index contributed by atoms with van der Waals surface area (Å²) >= 11 is 18.1. The van der Waals surface area contributed by atoms with Gasteiger partial charge < -0.3 is 14.5 Å². The van der Waals surface area contributed by atoms with Gasteiger partial charge in [0.05, 0.1) is 12.2 Å². The Morgan fingerprint density at radius 3 is 2.29 bits per heavy atom. The van der Waals surface area contributed by atoms with Gasteiger partial charge in [0.15, 0.2) is 11.6 Å². The first-order chi connectivity index (χ1) is 13.3. The van der Waals surface area contributed by atoms with Crippen LogP contribution >= 0.6 is 34.8 Å². The zero-order valence-electron chi connectivity index (χ0n) is 15.5. The molecule has 150 valence electrons. The molecule has 7 nitrogen and oxygen atoms in total. The average molecular weight is 445 g/mol. The Labute approximate surface area is 178 Å². The van der Waals surface area contributed by atoms with E-state index in [1.54, 1.807) is 31.2 Å². The van der Waals surface area contributed by atoms with Crippen molar-refractivity contribution >= 4 is 46.7 Å². The monoisotopic (exact) mass is 443 g/mol. The first kappa shape index (κ1) is 21.0. The molecule has 2 aromatic rings. The predicted octanol–water partition coefficient (Wildman–Crippen LogP) is 3.29. The molecule has 28 heavy (non-hydrogen) atoms. The maximum Gasteiger partial charge on any atom is 0.338 e. The lowest BCUT2D eigenvalue weighted by Gasteiger charge is -2.32. The van der Waals surface area contributed by atoms with Crippen LogP contribution in [0.15, 0.2) is 24.3 Å². The lowest BCUT2D eigenvalue weighted by molar-refractivity contribution is 0.0526. The number of esters is 1. The van der Waals surface area contributed by atoms with Crippen LogP contribution in [0.3, 0.4) is 0 Å².